The van der Waals surface area contributed by atoms with Gasteiger partial charge in [0, 0.05) is 11.6 Å². The topological polar surface area (TPSA) is 35.5 Å². The van der Waals surface area contributed by atoms with Crippen molar-refractivity contribution < 1.29 is 5.11 Å². The molecule has 0 bridgehead atoms. The molecule has 3 heteroatoms. The lowest BCUT2D eigenvalue weighted by atomic mass is 9.87. The lowest BCUT2D eigenvalue weighted by molar-refractivity contribution is 0.0771. The molecule has 1 aliphatic heterocycles. The fourth-order valence-corrected chi connectivity index (χ4v) is 3.25. The van der Waals surface area contributed by atoms with Gasteiger partial charge < -0.3 is 15.3 Å². The molecule has 17 heavy (non-hydrogen) atoms. The zero-order valence-corrected chi connectivity index (χ0v) is 11.2. The third kappa shape index (κ3) is 3.67. The van der Waals surface area contributed by atoms with E-state index in [1.54, 1.807) is 0 Å². The molecule has 100 valence electrons. The molecule has 2 aliphatic rings. The van der Waals surface area contributed by atoms with Crippen molar-refractivity contribution in [1.29, 1.82) is 0 Å². The molecule has 1 heterocycles. The summed E-state index contributed by atoms with van der Waals surface area (Å²) in [5.74, 6) is 0. The molecule has 1 aliphatic carbocycles. The van der Waals surface area contributed by atoms with Gasteiger partial charge in [0.05, 0.1) is 6.61 Å². The normalized spacial score (nSPS) is 27.9. The largest absolute Gasteiger partial charge is 0.394 e. The Hall–Kier alpha value is -0.120. The molecular weight excluding hydrogens is 212 g/mol. The minimum Gasteiger partial charge on any atom is -0.394 e. The van der Waals surface area contributed by atoms with Crippen molar-refractivity contribution >= 4 is 0 Å². The van der Waals surface area contributed by atoms with Crippen molar-refractivity contribution in [1.82, 2.24) is 10.2 Å². The maximum atomic E-state index is 9.75. The predicted octanol–water partition coefficient (Wildman–Crippen LogP) is 1.76. The van der Waals surface area contributed by atoms with Gasteiger partial charge in [0.15, 0.2) is 0 Å². The smallest absolute Gasteiger partial charge is 0.0614 e. The molecule has 2 rings (SSSR count). The van der Waals surface area contributed by atoms with Crippen LogP contribution in [0.4, 0.5) is 0 Å². The number of piperidine rings is 1. The van der Waals surface area contributed by atoms with Crippen LogP contribution in [-0.4, -0.2) is 48.3 Å². The molecule has 0 amide bonds. The van der Waals surface area contributed by atoms with E-state index in [1.165, 1.54) is 38.5 Å². The van der Waals surface area contributed by atoms with Crippen molar-refractivity contribution in [2.45, 2.75) is 62.9 Å². The van der Waals surface area contributed by atoms with Gasteiger partial charge >= 0.3 is 0 Å². The van der Waals surface area contributed by atoms with E-state index in [-0.39, 0.29) is 5.54 Å². The van der Waals surface area contributed by atoms with Gasteiger partial charge in [-0.1, -0.05) is 25.7 Å². The van der Waals surface area contributed by atoms with Crippen LogP contribution in [0.25, 0.3) is 0 Å². The summed E-state index contributed by atoms with van der Waals surface area (Å²) in [6.07, 6.45) is 10.3. The van der Waals surface area contributed by atoms with E-state index >= 15 is 0 Å². The molecule has 3 nitrogen and oxygen atoms in total. The van der Waals surface area contributed by atoms with Crippen LogP contribution in [0.15, 0.2) is 0 Å². The number of hydrogen-bond donors (Lipinski definition) is 2. The van der Waals surface area contributed by atoms with E-state index in [0.717, 1.165) is 25.9 Å². The number of aliphatic hydroxyl groups is 1. The standard InChI is InChI=1S/C14H28N2O/c1-16-10-8-14(12-17,9-11-16)15-13-6-4-2-3-5-7-13/h13,15,17H,2-12H2,1H3. The van der Waals surface area contributed by atoms with Gasteiger partial charge in [0.2, 0.25) is 0 Å². The van der Waals surface area contributed by atoms with E-state index in [0.29, 0.717) is 12.6 Å². The molecule has 0 aromatic heterocycles. The second kappa shape index (κ2) is 6.17. The molecule has 2 fully saturated rings. The third-order valence-corrected chi connectivity index (χ3v) is 4.61. The minimum atomic E-state index is 0.0154. The first-order chi connectivity index (χ1) is 8.24. The van der Waals surface area contributed by atoms with Crippen LogP contribution < -0.4 is 5.32 Å². The number of rotatable bonds is 3. The zero-order valence-electron chi connectivity index (χ0n) is 11.2. The van der Waals surface area contributed by atoms with Crippen LogP contribution in [0.3, 0.4) is 0 Å². The van der Waals surface area contributed by atoms with Crippen LogP contribution in [0.2, 0.25) is 0 Å². The first-order valence-corrected chi connectivity index (χ1v) is 7.31. The monoisotopic (exact) mass is 240 g/mol. The van der Waals surface area contributed by atoms with Crippen LogP contribution in [0.1, 0.15) is 51.4 Å². The summed E-state index contributed by atoms with van der Waals surface area (Å²) in [6, 6.07) is 0.646. The summed E-state index contributed by atoms with van der Waals surface area (Å²) in [5.41, 5.74) is 0.0154. The number of likely N-dealkylation sites (tertiary alicyclic amines) is 1. The number of nitrogens with zero attached hydrogens (tertiary/aromatic N) is 1. The van der Waals surface area contributed by atoms with Gasteiger partial charge in [-0.2, -0.15) is 0 Å². The van der Waals surface area contributed by atoms with E-state index < -0.39 is 0 Å². The van der Waals surface area contributed by atoms with Gasteiger partial charge in [-0.15, -0.1) is 0 Å². The molecule has 0 spiro atoms. The van der Waals surface area contributed by atoms with E-state index in [9.17, 15) is 5.11 Å². The maximum absolute atomic E-state index is 9.75. The number of aliphatic hydroxyl groups excluding tert-OH is 1. The average Bonchev–Trinajstić information content (AvgIpc) is 2.61. The molecule has 0 radical (unpaired) electrons. The Labute approximate surface area is 106 Å². The SMILES string of the molecule is CN1CCC(CO)(NC2CCCCCC2)CC1. The van der Waals surface area contributed by atoms with Crippen molar-refractivity contribution in [3.63, 3.8) is 0 Å². The van der Waals surface area contributed by atoms with Crippen LogP contribution >= 0.6 is 0 Å². The Morgan fingerprint density at radius 2 is 1.71 bits per heavy atom. The number of nitrogens with one attached hydrogen (secondary N) is 1. The van der Waals surface area contributed by atoms with Crippen LogP contribution in [0.5, 0.6) is 0 Å². The molecule has 0 aromatic carbocycles. The van der Waals surface area contributed by atoms with Gasteiger partial charge in [-0.25, -0.2) is 0 Å². The summed E-state index contributed by atoms with van der Waals surface area (Å²) in [7, 11) is 2.17. The van der Waals surface area contributed by atoms with Crippen molar-refractivity contribution in [2.24, 2.45) is 0 Å². The highest BCUT2D eigenvalue weighted by atomic mass is 16.3. The molecule has 0 aromatic rings. The zero-order chi connectivity index (χ0) is 12.1. The molecule has 1 saturated carbocycles. The molecule has 1 saturated heterocycles. The highest BCUT2D eigenvalue weighted by Crippen LogP contribution is 2.25. The maximum Gasteiger partial charge on any atom is 0.0614 e. The Kier molecular flexibility index (Phi) is 4.83. The second-order valence-electron chi connectivity index (χ2n) is 6.07. The highest BCUT2D eigenvalue weighted by Gasteiger charge is 2.34. The summed E-state index contributed by atoms with van der Waals surface area (Å²) < 4.78 is 0. The summed E-state index contributed by atoms with van der Waals surface area (Å²) in [6.45, 7) is 2.53. The Morgan fingerprint density at radius 3 is 2.24 bits per heavy atom. The van der Waals surface area contributed by atoms with E-state index in [4.69, 9.17) is 0 Å². The van der Waals surface area contributed by atoms with E-state index in [1.807, 2.05) is 0 Å². The Morgan fingerprint density at radius 1 is 1.12 bits per heavy atom. The van der Waals surface area contributed by atoms with Crippen molar-refractivity contribution in [3.05, 3.63) is 0 Å². The third-order valence-electron chi connectivity index (χ3n) is 4.61. The molecule has 0 atom stereocenters. The highest BCUT2D eigenvalue weighted by molar-refractivity contribution is 4.94. The van der Waals surface area contributed by atoms with Crippen LogP contribution in [0, 0.1) is 0 Å². The molecule has 0 unspecified atom stereocenters. The second-order valence-corrected chi connectivity index (χ2v) is 6.07. The van der Waals surface area contributed by atoms with Crippen molar-refractivity contribution in [2.75, 3.05) is 26.7 Å². The fourth-order valence-electron chi connectivity index (χ4n) is 3.25. The summed E-state index contributed by atoms with van der Waals surface area (Å²) in [5, 5.41) is 13.6. The Balaban J connectivity index is 1.89. The first-order valence-electron chi connectivity index (χ1n) is 7.31. The van der Waals surface area contributed by atoms with Gasteiger partial charge in [0.25, 0.3) is 0 Å². The average molecular weight is 240 g/mol. The minimum absolute atomic E-state index is 0.0154. The van der Waals surface area contributed by atoms with Crippen LogP contribution in [-0.2, 0) is 0 Å². The van der Waals surface area contributed by atoms with Crippen molar-refractivity contribution in [3.8, 4) is 0 Å². The molecule has 2 N–H and O–H groups in total. The number of hydrogen-bond acceptors (Lipinski definition) is 3. The van der Waals surface area contributed by atoms with E-state index in [2.05, 4.69) is 17.3 Å². The van der Waals surface area contributed by atoms with Gasteiger partial charge in [-0.3, -0.25) is 0 Å². The predicted molar refractivity (Wildman–Crippen MR) is 71.2 cm³/mol. The lowest BCUT2D eigenvalue weighted by Crippen LogP contribution is -2.58. The lowest BCUT2D eigenvalue weighted by Gasteiger charge is -2.42. The first kappa shape index (κ1) is 13.3. The van der Waals surface area contributed by atoms with Gasteiger partial charge in [0.1, 0.15) is 0 Å². The fraction of sp³-hybridized carbons (Fsp3) is 1.00. The molecular formula is C14H28N2O. The Bertz CT molecular complexity index is 216. The summed E-state index contributed by atoms with van der Waals surface area (Å²) in [4.78, 5) is 2.36. The van der Waals surface area contributed by atoms with Gasteiger partial charge in [-0.05, 0) is 45.8 Å². The summed E-state index contributed by atoms with van der Waals surface area (Å²) >= 11 is 0. The quantitative estimate of drug-likeness (QED) is 0.738.